The number of nitrogens with one attached hydrogen (secondary N) is 3. The Balaban J connectivity index is 1.68. The van der Waals surface area contributed by atoms with Crippen molar-refractivity contribution in [3.05, 3.63) is 81.6 Å². The van der Waals surface area contributed by atoms with Crippen LogP contribution < -0.4 is 16.1 Å². The second kappa shape index (κ2) is 7.77. The van der Waals surface area contributed by atoms with Crippen molar-refractivity contribution in [1.82, 2.24) is 15.6 Å². The topological polar surface area (TPSA) is 74.0 Å². The monoisotopic (exact) mass is 335 g/mol. The lowest BCUT2D eigenvalue weighted by Crippen LogP contribution is -2.28. The Kier molecular flexibility index (Phi) is 5.26. The van der Waals surface area contributed by atoms with E-state index in [0.29, 0.717) is 11.9 Å². The van der Waals surface area contributed by atoms with Crippen molar-refractivity contribution >= 4 is 16.8 Å². The number of pyridine rings is 1. The van der Waals surface area contributed by atoms with Gasteiger partial charge in [-0.2, -0.15) is 0 Å². The summed E-state index contributed by atoms with van der Waals surface area (Å²) in [6.45, 7) is 4.21. The first-order valence-corrected chi connectivity index (χ1v) is 8.36. The molecule has 2 aromatic carbocycles. The number of fused-ring (bicyclic) bond motifs is 1. The molecular formula is C20H21N3O2. The number of hydrogen-bond donors (Lipinski definition) is 3. The van der Waals surface area contributed by atoms with Crippen LogP contribution in [0.1, 0.15) is 28.4 Å². The summed E-state index contributed by atoms with van der Waals surface area (Å²) in [5.74, 6) is -0.372. The Bertz CT molecular complexity index is 930. The zero-order valence-corrected chi connectivity index (χ0v) is 14.1. The Morgan fingerprint density at radius 1 is 1.00 bits per heavy atom. The van der Waals surface area contributed by atoms with Crippen molar-refractivity contribution in [2.24, 2.45) is 0 Å². The third kappa shape index (κ3) is 3.95. The van der Waals surface area contributed by atoms with E-state index in [-0.39, 0.29) is 16.9 Å². The highest BCUT2D eigenvalue weighted by Gasteiger charge is 2.12. The molecule has 5 heteroatoms. The molecule has 128 valence electrons. The average Bonchev–Trinajstić information content (AvgIpc) is 2.66. The molecule has 3 aromatic rings. The lowest BCUT2D eigenvalue weighted by atomic mass is 10.1. The van der Waals surface area contributed by atoms with Crippen molar-refractivity contribution in [1.29, 1.82) is 0 Å². The molecule has 0 aliphatic rings. The van der Waals surface area contributed by atoms with Crippen molar-refractivity contribution in [3.63, 3.8) is 0 Å². The van der Waals surface area contributed by atoms with Gasteiger partial charge >= 0.3 is 0 Å². The summed E-state index contributed by atoms with van der Waals surface area (Å²) in [6, 6.07) is 15.2. The van der Waals surface area contributed by atoms with Crippen LogP contribution in [0.3, 0.4) is 0 Å². The molecule has 25 heavy (non-hydrogen) atoms. The number of carbonyl (C=O) groups is 1. The van der Waals surface area contributed by atoms with Crippen LogP contribution >= 0.6 is 0 Å². The Morgan fingerprint density at radius 2 is 1.68 bits per heavy atom. The fraction of sp³-hybridized carbons (Fsp3) is 0.200. The Morgan fingerprint density at radius 3 is 2.40 bits per heavy atom. The molecule has 1 heterocycles. The van der Waals surface area contributed by atoms with Crippen molar-refractivity contribution in [2.75, 3.05) is 6.54 Å². The van der Waals surface area contributed by atoms with E-state index in [9.17, 15) is 9.59 Å². The first-order valence-electron chi connectivity index (χ1n) is 8.36. The third-order valence-electron chi connectivity index (χ3n) is 4.09. The van der Waals surface area contributed by atoms with Gasteiger partial charge in [0.25, 0.3) is 5.91 Å². The highest BCUT2D eigenvalue weighted by atomic mass is 16.2. The maximum Gasteiger partial charge on any atom is 0.257 e. The number of H-pyrrole nitrogens is 1. The number of amides is 1. The van der Waals surface area contributed by atoms with Crippen LogP contribution in [-0.2, 0) is 13.1 Å². The molecule has 1 aromatic heterocycles. The molecule has 0 aliphatic carbocycles. The second-order valence-corrected chi connectivity index (χ2v) is 5.86. The maximum absolute atomic E-state index is 12.4. The molecule has 0 unspecified atom stereocenters. The zero-order chi connectivity index (χ0) is 17.6. The van der Waals surface area contributed by atoms with E-state index in [4.69, 9.17) is 0 Å². The van der Waals surface area contributed by atoms with E-state index in [1.54, 1.807) is 12.1 Å². The number of para-hydroxylation sites is 1. The molecule has 0 saturated heterocycles. The predicted molar refractivity (Wildman–Crippen MR) is 99.6 cm³/mol. The van der Waals surface area contributed by atoms with Crippen LogP contribution in [0.25, 0.3) is 10.9 Å². The van der Waals surface area contributed by atoms with E-state index in [0.717, 1.165) is 24.2 Å². The van der Waals surface area contributed by atoms with Crippen LogP contribution in [0.2, 0.25) is 0 Å². The van der Waals surface area contributed by atoms with Crippen molar-refractivity contribution in [3.8, 4) is 0 Å². The SMILES string of the molecule is CCNCc1ccc(CNC(=O)c2c[nH]c3ccccc3c2=O)cc1. The summed E-state index contributed by atoms with van der Waals surface area (Å²) in [5, 5.41) is 6.59. The summed E-state index contributed by atoms with van der Waals surface area (Å²) in [7, 11) is 0. The molecule has 0 radical (unpaired) electrons. The van der Waals surface area contributed by atoms with E-state index in [2.05, 4.69) is 22.5 Å². The van der Waals surface area contributed by atoms with Crippen molar-refractivity contribution < 1.29 is 4.79 Å². The molecule has 3 N–H and O–H groups in total. The summed E-state index contributed by atoms with van der Waals surface area (Å²) in [6.07, 6.45) is 1.47. The second-order valence-electron chi connectivity index (χ2n) is 5.86. The minimum Gasteiger partial charge on any atom is -0.360 e. The Labute approximate surface area is 146 Å². The fourth-order valence-electron chi connectivity index (χ4n) is 2.66. The van der Waals surface area contributed by atoms with Gasteiger partial charge < -0.3 is 15.6 Å². The van der Waals surface area contributed by atoms with E-state index >= 15 is 0 Å². The van der Waals surface area contributed by atoms with Gasteiger partial charge in [-0.3, -0.25) is 9.59 Å². The molecule has 0 spiro atoms. The van der Waals surface area contributed by atoms with Gasteiger partial charge in [0.15, 0.2) is 0 Å². The van der Waals surface area contributed by atoms with E-state index < -0.39 is 0 Å². The van der Waals surface area contributed by atoms with Gasteiger partial charge in [-0.05, 0) is 29.8 Å². The smallest absolute Gasteiger partial charge is 0.257 e. The molecule has 5 nitrogen and oxygen atoms in total. The molecule has 1 amide bonds. The molecule has 0 aliphatic heterocycles. The summed E-state index contributed by atoms with van der Waals surface area (Å²) in [5.41, 5.74) is 2.78. The number of hydrogen-bond acceptors (Lipinski definition) is 3. The number of rotatable bonds is 6. The predicted octanol–water partition coefficient (Wildman–Crippen LogP) is 2.57. The average molecular weight is 335 g/mol. The normalized spacial score (nSPS) is 10.8. The van der Waals surface area contributed by atoms with Crippen LogP contribution in [-0.4, -0.2) is 17.4 Å². The van der Waals surface area contributed by atoms with Gasteiger partial charge in [-0.1, -0.05) is 43.3 Å². The molecule has 3 rings (SSSR count). The minimum absolute atomic E-state index is 0.127. The quantitative estimate of drug-likeness (QED) is 0.648. The minimum atomic E-state index is -0.372. The van der Waals surface area contributed by atoms with E-state index in [1.165, 1.54) is 11.8 Å². The maximum atomic E-state index is 12.4. The first-order chi connectivity index (χ1) is 12.2. The highest BCUT2D eigenvalue weighted by molar-refractivity contribution is 5.97. The molecule has 0 atom stereocenters. The van der Waals surface area contributed by atoms with Gasteiger partial charge in [0.05, 0.1) is 0 Å². The third-order valence-corrected chi connectivity index (χ3v) is 4.09. The molecular weight excluding hydrogens is 314 g/mol. The number of aromatic nitrogens is 1. The van der Waals surface area contributed by atoms with E-state index in [1.807, 2.05) is 36.4 Å². The lowest BCUT2D eigenvalue weighted by Gasteiger charge is -2.07. The van der Waals surface area contributed by atoms with Gasteiger partial charge in [0, 0.05) is 30.2 Å². The highest BCUT2D eigenvalue weighted by Crippen LogP contribution is 2.08. The molecule has 0 bridgehead atoms. The van der Waals surface area contributed by atoms with Crippen LogP contribution in [0.5, 0.6) is 0 Å². The van der Waals surface area contributed by atoms with Crippen LogP contribution in [0, 0.1) is 0 Å². The number of carbonyl (C=O) groups excluding carboxylic acids is 1. The lowest BCUT2D eigenvalue weighted by molar-refractivity contribution is 0.0949. The summed E-state index contributed by atoms with van der Waals surface area (Å²) < 4.78 is 0. The van der Waals surface area contributed by atoms with Crippen molar-refractivity contribution in [2.45, 2.75) is 20.0 Å². The fourth-order valence-corrected chi connectivity index (χ4v) is 2.66. The largest absolute Gasteiger partial charge is 0.360 e. The Hall–Kier alpha value is -2.92. The first kappa shape index (κ1) is 16.9. The summed E-state index contributed by atoms with van der Waals surface area (Å²) >= 11 is 0. The number of aromatic amines is 1. The van der Waals surface area contributed by atoms with Crippen LogP contribution in [0.15, 0.2) is 59.5 Å². The van der Waals surface area contributed by atoms with Gasteiger partial charge in [-0.15, -0.1) is 0 Å². The van der Waals surface area contributed by atoms with Crippen LogP contribution in [0.4, 0.5) is 0 Å². The summed E-state index contributed by atoms with van der Waals surface area (Å²) in [4.78, 5) is 27.8. The zero-order valence-electron chi connectivity index (χ0n) is 14.1. The van der Waals surface area contributed by atoms with Gasteiger partial charge in [-0.25, -0.2) is 0 Å². The molecule has 0 saturated carbocycles. The van der Waals surface area contributed by atoms with Gasteiger partial charge in [0.2, 0.25) is 5.43 Å². The van der Waals surface area contributed by atoms with Gasteiger partial charge in [0.1, 0.15) is 5.56 Å². The standard InChI is InChI=1S/C20H21N3O2/c1-2-21-11-14-7-9-15(10-8-14)12-23-20(25)17-13-22-18-6-4-3-5-16(18)19(17)24/h3-10,13,21H,2,11-12H2,1H3,(H,22,24)(H,23,25). The number of benzene rings is 2. The molecule has 0 fully saturated rings.